The fourth-order valence-electron chi connectivity index (χ4n) is 2.68. The van der Waals surface area contributed by atoms with Crippen LogP contribution in [0.3, 0.4) is 0 Å². The highest BCUT2D eigenvalue weighted by Crippen LogP contribution is 2.20. The SMILES string of the molecule is CNC(=O)c1ccc(NC(=O)CN(Cc2ccco2)S(=O)(=O)c2ccc(Cl)nc2)cc1. The van der Waals surface area contributed by atoms with E-state index in [1.807, 2.05) is 0 Å². The number of carbonyl (C=O) groups excluding carboxylic acids is 2. The summed E-state index contributed by atoms with van der Waals surface area (Å²) in [6.45, 7) is -0.621. The molecule has 0 unspecified atom stereocenters. The molecule has 3 aromatic rings. The van der Waals surface area contributed by atoms with Crippen LogP contribution in [0.5, 0.6) is 0 Å². The number of halogens is 1. The summed E-state index contributed by atoms with van der Waals surface area (Å²) in [6, 6.07) is 12.1. The maximum atomic E-state index is 13.1. The molecule has 0 spiro atoms. The van der Waals surface area contributed by atoms with Crippen molar-refractivity contribution >= 4 is 39.1 Å². The van der Waals surface area contributed by atoms with Gasteiger partial charge in [-0.15, -0.1) is 0 Å². The zero-order chi connectivity index (χ0) is 22.4. The Balaban J connectivity index is 1.78. The van der Waals surface area contributed by atoms with Crippen LogP contribution in [0, 0.1) is 0 Å². The van der Waals surface area contributed by atoms with E-state index in [4.69, 9.17) is 16.0 Å². The summed E-state index contributed by atoms with van der Waals surface area (Å²) in [5, 5.41) is 5.27. The first-order valence-electron chi connectivity index (χ1n) is 9.05. The van der Waals surface area contributed by atoms with E-state index in [1.165, 1.54) is 25.4 Å². The Bertz CT molecular complexity index is 1150. The van der Waals surface area contributed by atoms with Crippen LogP contribution in [-0.2, 0) is 21.4 Å². The number of nitrogens with zero attached hydrogens (tertiary/aromatic N) is 2. The molecule has 3 rings (SSSR count). The zero-order valence-corrected chi connectivity index (χ0v) is 18.0. The lowest BCUT2D eigenvalue weighted by atomic mass is 10.2. The van der Waals surface area contributed by atoms with E-state index < -0.39 is 22.5 Å². The largest absolute Gasteiger partial charge is 0.468 e. The van der Waals surface area contributed by atoms with Crippen molar-refractivity contribution < 1.29 is 22.4 Å². The Morgan fingerprint density at radius 3 is 2.45 bits per heavy atom. The van der Waals surface area contributed by atoms with Crippen molar-refractivity contribution in [1.82, 2.24) is 14.6 Å². The quantitative estimate of drug-likeness (QED) is 0.496. The highest BCUT2D eigenvalue weighted by molar-refractivity contribution is 7.89. The number of pyridine rings is 1. The van der Waals surface area contributed by atoms with Gasteiger partial charge in [-0.25, -0.2) is 13.4 Å². The van der Waals surface area contributed by atoms with Crippen molar-refractivity contribution in [3.63, 3.8) is 0 Å². The maximum Gasteiger partial charge on any atom is 0.251 e. The molecule has 162 valence electrons. The number of rotatable bonds is 8. The lowest BCUT2D eigenvalue weighted by Gasteiger charge is -2.20. The van der Waals surface area contributed by atoms with Crippen molar-refractivity contribution in [2.45, 2.75) is 11.4 Å². The third kappa shape index (κ3) is 5.69. The molecule has 0 radical (unpaired) electrons. The van der Waals surface area contributed by atoms with Gasteiger partial charge in [-0.2, -0.15) is 4.31 Å². The van der Waals surface area contributed by atoms with Gasteiger partial charge < -0.3 is 15.1 Å². The molecule has 1 aromatic carbocycles. The van der Waals surface area contributed by atoms with Crippen molar-refractivity contribution in [3.05, 3.63) is 77.5 Å². The second-order valence-electron chi connectivity index (χ2n) is 6.37. The Morgan fingerprint density at radius 1 is 1.13 bits per heavy atom. The number of nitrogens with one attached hydrogen (secondary N) is 2. The average Bonchev–Trinajstić information content (AvgIpc) is 3.27. The first-order valence-corrected chi connectivity index (χ1v) is 10.9. The normalized spacial score (nSPS) is 11.3. The Hall–Kier alpha value is -3.21. The number of furan rings is 1. The number of carbonyl (C=O) groups is 2. The van der Waals surface area contributed by atoms with Crippen molar-refractivity contribution in [3.8, 4) is 0 Å². The minimum Gasteiger partial charge on any atom is -0.468 e. The summed E-state index contributed by atoms with van der Waals surface area (Å²) < 4.78 is 32.4. The zero-order valence-electron chi connectivity index (χ0n) is 16.4. The van der Waals surface area contributed by atoms with Gasteiger partial charge in [0.05, 0.1) is 19.4 Å². The minimum atomic E-state index is -4.06. The van der Waals surface area contributed by atoms with Gasteiger partial charge >= 0.3 is 0 Å². The number of anilines is 1. The van der Waals surface area contributed by atoms with Crippen LogP contribution in [0.2, 0.25) is 5.15 Å². The molecule has 0 aliphatic rings. The maximum absolute atomic E-state index is 13.1. The smallest absolute Gasteiger partial charge is 0.251 e. The van der Waals surface area contributed by atoms with Crippen LogP contribution in [0.4, 0.5) is 5.69 Å². The van der Waals surface area contributed by atoms with Crippen LogP contribution >= 0.6 is 11.6 Å². The molecule has 0 saturated heterocycles. The van der Waals surface area contributed by atoms with E-state index in [0.29, 0.717) is 17.0 Å². The second kappa shape index (κ2) is 9.73. The number of hydrogen-bond donors (Lipinski definition) is 2. The number of benzene rings is 1. The summed E-state index contributed by atoms with van der Waals surface area (Å²) in [4.78, 5) is 27.9. The topological polar surface area (TPSA) is 122 Å². The van der Waals surface area contributed by atoms with Crippen molar-refractivity contribution in [2.24, 2.45) is 0 Å². The van der Waals surface area contributed by atoms with E-state index in [9.17, 15) is 18.0 Å². The fraction of sp³-hybridized carbons (Fsp3) is 0.150. The van der Waals surface area contributed by atoms with Gasteiger partial charge in [0.15, 0.2) is 0 Å². The summed E-state index contributed by atoms with van der Waals surface area (Å²) in [5.41, 5.74) is 0.846. The third-order valence-corrected chi connectivity index (χ3v) is 6.23. The second-order valence-corrected chi connectivity index (χ2v) is 8.70. The summed E-state index contributed by atoms with van der Waals surface area (Å²) in [6.07, 6.45) is 2.54. The van der Waals surface area contributed by atoms with E-state index >= 15 is 0 Å². The van der Waals surface area contributed by atoms with Crippen LogP contribution < -0.4 is 10.6 Å². The molecule has 0 aliphatic heterocycles. The fourth-order valence-corrected chi connectivity index (χ4v) is 4.10. The van der Waals surface area contributed by atoms with E-state index in [0.717, 1.165) is 10.5 Å². The van der Waals surface area contributed by atoms with Crippen molar-refractivity contribution in [1.29, 1.82) is 0 Å². The molecule has 0 fully saturated rings. The van der Waals surface area contributed by atoms with Crippen LogP contribution in [-0.4, -0.2) is 43.1 Å². The molecule has 31 heavy (non-hydrogen) atoms. The molecular weight excluding hydrogens is 444 g/mol. The number of hydrogen-bond acceptors (Lipinski definition) is 6. The average molecular weight is 463 g/mol. The van der Waals surface area contributed by atoms with Gasteiger partial charge in [-0.05, 0) is 48.5 Å². The molecule has 0 aliphatic carbocycles. The van der Waals surface area contributed by atoms with Gasteiger partial charge in [0, 0.05) is 24.5 Å². The van der Waals surface area contributed by atoms with Gasteiger partial charge in [0.1, 0.15) is 15.8 Å². The third-order valence-electron chi connectivity index (χ3n) is 4.23. The molecule has 2 N–H and O–H groups in total. The Morgan fingerprint density at radius 2 is 1.87 bits per heavy atom. The minimum absolute atomic E-state index is 0.105. The first kappa shape index (κ1) is 22.5. The van der Waals surface area contributed by atoms with Crippen LogP contribution in [0.25, 0.3) is 0 Å². The molecule has 2 heterocycles. The summed E-state index contributed by atoms with van der Waals surface area (Å²) in [5.74, 6) is -0.455. The summed E-state index contributed by atoms with van der Waals surface area (Å²) >= 11 is 5.75. The molecule has 2 amide bonds. The molecule has 2 aromatic heterocycles. The Kier molecular flexibility index (Phi) is 7.06. The number of sulfonamides is 1. The lowest BCUT2D eigenvalue weighted by Crippen LogP contribution is -2.37. The molecule has 0 saturated carbocycles. The van der Waals surface area contributed by atoms with E-state index in [-0.39, 0.29) is 22.5 Å². The molecule has 9 nitrogen and oxygen atoms in total. The first-order chi connectivity index (χ1) is 14.8. The molecule has 11 heteroatoms. The predicted octanol–water partition coefficient (Wildman–Crippen LogP) is 2.52. The van der Waals surface area contributed by atoms with Gasteiger partial charge in [0.25, 0.3) is 5.91 Å². The number of amides is 2. The van der Waals surface area contributed by atoms with Gasteiger partial charge in [-0.1, -0.05) is 11.6 Å². The Labute approximate surface area is 184 Å². The number of aromatic nitrogens is 1. The predicted molar refractivity (Wildman–Crippen MR) is 114 cm³/mol. The van der Waals surface area contributed by atoms with E-state index in [2.05, 4.69) is 15.6 Å². The highest BCUT2D eigenvalue weighted by atomic mass is 35.5. The van der Waals surface area contributed by atoms with Crippen LogP contribution in [0.1, 0.15) is 16.1 Å². The molecular formula is C20H19ClN4O5S. The van der Waals surface area contributed by atoms with Crippen LogP contribution in [0.15, 0.2) is 70.3 Å². The van der Waals surface area contributed by atoms with Gasteiger partial charge in [-0.3, -0.25) is 9.59 Å². The summed E-state index contributed by atoms with van der Waals surface area (Å²) in [7, 11) is -2.55. The molecule has 0 atom stereocenters. The highest BCUT2D eigenvalue weighted by Gasteiger charge is 2.28. The van der Waals surface area contributed by atoms with Gasteiger partial charge in [0.2, 0.25) is 15.9 Å². The molecule has 0 bridgehead atoms. The van der Waals surface area contributed by atoms with E-state index in [1.54, 1.807) is 36.4 Å². The standard InChI is InChI=1S/C20H19ClN4O5S/c1-22-20(27)14-4-6-15(7-5-14)24-19(26)13-25(12-16-3-2-10-30-16)31(28,29)17-8-9-18(21)23-11-17/h2-11H,12-13H2,1H3,(H,22,27)(H,24,26). The van der Waals surface area contributed by atoms with Crippen molar-refractivity contribution in [2.75, 3.05) is 18.9 Å². The monoisotopic (exact) mass is 462 g/mol. The lowest BCUT2D eigenvalue weighted by molar-refractivity contribution is -0.116.